The zero-order valence-electron chi connectivity index (χ0n) is 18.0. The lowest BCUT2D eigenvalue weighted by molar-refractivity contribution is 0.411. The van der Waals surface area contributed by atoms with Gasteiger partial charge in [0.05, 0.1) is 24.3 Å². The number of rotatable bonds is 7. The highest BCUT2D eigenvalue weighted by Crippen LogP contribution is 2.30. The van der Waals surface area contributed by atoms with E-state index < -0.39 is 0 Å². The van der Waals surface area contributed by atoms with Crippen LogP contribution in [0.4, 0.5) is 0 Å². The normalized spacial score (nSPS) is 14.7. The van der Waals surface area contributed by atoms with Gasteiger partial charge in [-0.05, 0) is 35.6 Å². The van der Waals surface area contributed by atoms with Crippen molar-refractivity contribution in [1.82, 2.24) is 14.9 Å². The van der Waals surface area contributed by atoms with Crippen molar-refractivity contribution in [3.05, 3.63) is 76.0 Å². The van der Waals surface area contributed by atoms with E-state index in [1.54, 1.807) is 19.6 Å². The molecule has 0 bridgehead atoms. The second-order valence-corrected chi connectivity index (χ2v) is 7.98. The first kappa shape index (κ1) is 20.8. The minimum Gasteiger partial charge on any atom is -0.496 e. The van der Waals surface area contributed by atoms with Gasteiger partial charge in [-0.3, -0.25) is 9.36 Å². The van der Waals surface area contributed by atoms with E-state index in [0.29, 0.717) is 17.3 Å². The van der Waals surface area contributed by atoms with Crippen molar-refractivity contribution in [2.24, 2.45) is 0 Å². The van der Waals surface area contributed by atoms with Gasteiger partial charge in [0.1, 0.15) is 5.75 Å². The molecule has 1 aliphatic rings. The average molecular weight is 417 g/mol. The molecular weight excluding hydrogens is 388 g/mol. The largest absolute Gasteiger partial charge is 0.496 e. The van der Waals surface area contributed by atoms with E-state index in [1.807, 2.05) is 48.0 Å². The minimum absolute atomic E-state index is 0.0315. The van der Waals surface area contributed by atoms with E-state index in [4.69, 9.17) is 10.1 Å². The predicted octanol–water partition coefficient (Wildman–Crippen LogP) is 4.32. The van der Waals surface area contributed by atoms with Crippen LogP contribution in [-0.4, -0.2) is 29.9 Å². The lowest BCUT2D eigenvalue weighted by Gasteiger charge is -2.15. The molecule has 1 fully saturated rings. The standard InChI is InChI=1S/C25H28N4O2/c1-27-15-20(14-26)18-9-7-17(8-10-18)11-19-12-22-23(13-24(19)31-2)28-16-29(25(22)30)21-5-3-4-6-21/h7-10,12-16,21,26-27H,3-6,11H2,1-2H3/b20-15+,26-14?. The molecule has 0 atom stereocenters. The molecule has 0 radical (unpaired) electrons. The molecule has 0 unspecified atom stereocenters. The summed E-state index contributed by atoms with van der Waals surface area (Å²) >= 11 is 0. The number of allylic oxidation sites excluding steroid dienone is 1. The molecule has 1 aliphatic carbocycles. The Morgan fingerprint density at radius 3 is 2.65 bits per heavy atom. The molecule has 6 heteroatoms. The topological polar surface area (TPSA) is 80.0 Å². The van der Waals surface area contributed by atoms with E-state index in [-0.39, 0.29) is 11.6 Å². The summed E-state index contributed by atoms with van der Waals surface area (Å²) < 4.78 is 7.42. The molecule has 0 spiro atoms. The predicted molar refractivity (Wildman–Crippen MR) is 125 cm³/mol. The van der Waals surface area contributed by atoms with Crippen LogP contribution >= 0.6 is 0 Å². The lowest BCUT2D eigenvalue weighted by Crippen LogP contribution is -2.24. The van der Waals surface area contributed by atoms with Gasteiger partial charge in [-0.1, -0.05) is 37.1 Å². The zero-order valence-corrected chi connectivity index (χ0v) is 18.0. The smallest absolute Gasteiger partial charge is 0.261 e. The van der Waals surface area contributed by atoms with Crippen molar-refractivity contribution in [2.75, 3.05) is 14.2 Å². The fraction of sp³-hybridized carbons (Fsp3) is 0.320. The van der Waals surface area contributed by atoms with Gasteiger partial charge in [0.25, 0.3) is 5.56 Å². The van der Waals surface area contributed by atoms with Crippen LogP contribution in [0.15, 0.2) is 53.7 Å². The number of aromatic nitrogens is 2. The van der Waals surface area contributed by atoms with E-state index in [0.717, 1.165) is 40.9 Å². The summed E-state index contributed by atoms with van der Waals surface area (Å²) in [7, 11) is 3.46. The lowest BCUT2D eigenvalue weighted by atomic mass is 9.99. The van der Waals surface area contributed by atoms with Gasteiger partial charge in [0.15, 0.2) is 0 Å². The van der Waals surface area contributed by atoms with Crippen LogP contribution < -0.4 is 15.6 Å². The van der Waals surface area contributed by atoms with Gasteiger partial charge in [0.2, 0.25) is 0 Å². The fourth-order valence-corrected chi connectivity index (χ4v) is 4.38. The summed E-state index contributed by atoms with van der Waals surface area (Å²) in [4.78, 5) is 17.7. The maximum absolute atomic E-state index is 13.2. The molecule has 160 valence electrons. The third kappa shape index (κ3) is 4.24. The molecule has 1 heterocycles. The number of fused-ring (bicyclic) bond motifs is 1. The second-order valence-electron chi connectivity index (χ2n) is 7.98. The highest BCUT2D eigenvalue weighted by atomic mass is 16.5. The first-order valence-electron chi connectivity index (χ1n) is 10.7. The Labute approximate surface area is 182 Å². The molecule has 4 rings (SSSR count). The molecule has 0 aliphatic heterocycles. The van der Waals surface area contributed by atoms with Gasteiger partial charge in [-0.15, -0.1) is 0 Å². The molecule has 2 N–H and O–H groups in total. The van der Waals surface area contributed by atoms with Crippen molar-refractivity contribution in [3.63, 3.8) is 0 Å². The van der Waals surface area contributed by atoms with Crippen molar-refractivity contribution in [2.45, 2.75) is 38.1 Å². The quantitative estimate of drug-likeness (QED) is 0.562. The Balaban J connectivity index is 1.69. The molecule has 31 heavy (non-hydrogen) atoms. The Morgan fingerprint density at radius 2 is 2.00 bits per heavy atom. The summed E-state index contributed by atoms with van der Waals surface area (Å²) in [6, 6.07) is 12.2. The summed E-state index contributed by atoms with van der Waals surface area (Å²) in [5.41, 5.74) is 4.56. The van der Waals surface area contributed by atoms with Crippen LogP contribution in [-0.2, 0) is 6.42 Å². The Kier molecular flexibility index (Phi) is 6.16. The molecule has 1 saturated carbocycles. The first-order chi connectivity index (χ1) is 15.1. The van der Waals surface area contributed by atoms with E-state index in [9.17, 15) is 4.79 Å². The van der Waals surface area contributed by atoms with Gasteiger partial charge in [-0.2, -0.15) is 0 Å². The summed E-state index contributed by atoms with van der Waals surface area (Å²) in [5, 5.41) is 11.2. The molecule has 0 saturated heterocycles. The number of methoxy groups -OCH3 is 1. The number of ether oxygens (including phenoxy) is 1. The number of nitrogens with zero attached hydrogens (tertiary/aromatic N) is 2. The molecule has 2 aromatic carbocycles. The van der Waals surface area contributed by atoms with Gasteiger partial charge >= 0.3 is 0 Å². The third-order valence-corrected chi connectivity index (χ3v) is 6.04. The monoisotopic (exact) mass is 416 g/mol. The molecule has 1 aromatic heterocycles. The highest BCUT2D eigenvalue weighted by Gasteiger charge is 2.20. The van der Waals surface area contributed by atoms with Crippen molar-refractivity contribution >= 4 is 22.7 Å². The number of hydrogen-bond acceptors (Lipinski definition) is 5. The summed E-state index contributed by atoms with van der Waals surface area (Å²) in [6.07, 6.45) is 9.90. The molecule has 0 amide bonds. The third-order valence-electron chi connectivity index (χ3n) is 6.04. The maximum atomic E-state index is 13.2. The van der Waals surface area contributed by atoms with Crippen LogP contribution in [0, 0.1) is 5.41 Å². The number of nitrogens with one attached hydrogen (secondary N) is 2. The van der Waals surface area contributed by atoms with Gasteiger partial charge in [0, 0.05) is 43.6 Å². The zero-order chi connectivity index (χ0) is 21.8. The van der Waals surface area contributed by atoms with E-state index >= 15 is 0 Å². The summed E-state index contributed by atoms with van der Waals surface area (Å²) in [6.45, 7) is 0. The molecular formula is C25H28N4O2. The fourth-order valence-electron chi connectivity index (χ4n) is 4.38. The Hall–Kier alpha value is -3.41. The van der Waals surface area contributed by atoms with Crippen molar-refractivity contribution in [1.29, 1.82) is 5.41 Å². The minimum atomic E-state index is 0.0315. The Bertz CT molecular complexity index is 1170. The van der Waals surface area contributed by atoms with Crippen LogP contribution in [0.5, 0.6) is 5.75 Å². The molecule has 3 aromatic rings. The molecule has 6 nitrogen and oxygen atoms in total. The van der Waals surface area contributed by atoms with Gasteiger partial charge < -0.3 is 15.5 Å². The van der Waals surface area contributed by atoms with Crippen molar-refractivity contribution < 1.29 is 4.74 Å². The van der Waals surface area contributed by atoms with E-state index in [2.05, 4.69) is 10.3 Å². The van der Waals surface area contributed by atoms with Crippen LogP contribution in [0.2, 0.25) is 0 Å². The SMILES string of the molecule is CN/C=C(\C=N)c1ccc(Cc2cc3c(=O)n(C4CCCC4)cnc3cc2OC)cc1. The highest BCUT2D eigenvalue weighted by molar-refractivity contribution is 6.08. The van der Waals surface area contributed by atoms with E-state index in [1.165, 1.54) is 19.1 Å². The van der Waals surface area contributed by atoms with Crippen LogP contribution in [0.25, 0.3) is 16.5 Å². The number of hydrogen-bond donors (Lipinski definition) is 2. The van der Waals surface area contributed by atoms with Crippen LogP contribution in [0.3, 0.4) is 0 Å². The average Bonchev–Trinajstić information content (AvgIpc) is 3.33. The van der Waals surface area contributed by atoms with Gasteiger partial charge in [-0.25, -0.2) is 4.98 Å². The van der Waals surface area contributed by atoms with Crippen LogP contribution in [0.1, 0.15) is 48.4 Å². The Morgan fingerprint density at radius 1 is 1.26 bits per heavy atom. The second kappa shape index (κ2) is 9.16. The summed E-state index contributed by atoms with van der Waals surface area (Å²) in [5.74, 6) is 0.734. The number of benzene rings is 2. The van der Waals surface area contributed by atoms with Crippen molar-refractivity contribution in [3.8, 4) is 5.75 Å². The first-order valence-corrected chi connectivity index (χ1v) is 10.7. The maximum Gasteiger partial charge on any atom is 0.261 e.